The number of anilines is 1. The van der Waals surface area contributed by atoms with Crippen molar-refractivity contribution < 1.29 is 14.3 Å². The number of nitrogens with zero attached hydrogens (tertiary/aromatic N) is 2. The van der Waals surface area contributed by atoms with Crippen LogP contribution in [0.2, 0.25) is 0 Å². The number of esters is 1. The Balaban J connectivity index is 1.56. The van der Waals surface area contributed by atoms with E-state index in [9.17, 15) is 9.59 Å². The highest BCUT2D eigenvalue weighted by molar-refractivity contribution is 7.12. The van der Waals surface area contributed by atoms with E-state index in [2.05, 4.69) is 15.2 Å². The Labute approximate surface area is 150 Å². The van der Waals surface area contributed by atoms with Crippen molar-refractivity contribution in [3.8, 4) is 0 Å². The molecule has 1 atom stereocenters. The second-order valence-electron chi connectivity index (χ2n) is 5.90. The molecule has 2 aromatic rings. The average Bonchev–Trinajstić information content (AvgIpc) is 3.29. The summed E-state index contributed by atoms with van der Waals surface area (Å²) in [4.78, 5) is 31.1. The number of hydrogen-bond donors (Lipinski definition) is 1. The second-order valence-corrected chi connectivity index (χ2v) is 6.82. The molecule has 1 aliphatic rings. The summed E-state index contributed by atoms with van der Waals surface area (Å²) in [6.07, 6.45) is 4.36. The Bertz CT molecular complexity index is 732. The van der Waals surface area contributed by atoms with Gasteiger partial charge in [-0.25, -0.2) is 4.79 Å². The first-order valence-electron chi connectivity index (χ1n) is 8.29. The first-order valence-corrected chi connectivity index (χ1v) is 9.17. The molecule has 6 nitrogen and oxygen atoms in total. The molecule has 2 aromatic heterocycles. The fourth-order valence-electron chi connectivity index (χ4n) is 3.12. The minimum atomic E-state index is -0.431. The Kier molecular flexibility index (Phi) is 5.78. The van der Waals surface area contributed by atoms with Gasteiger partial charge in [0.1, 0.15) is 4.88 Å². The molecule has 25 heavy (non-hydrogen) atoms. The molecule has 1 saturated heterocycles. The molecule has 0 aromatic carbocycles. The van der Waals surface area contributed by atoms with Crippen molar-refractivity contribution >= 4 is 28.9 Å². The lowest BCUT2D eigenvalue weighted by atomic mass is 10.1. The van der Waals surface area contributed by atoms with Crippen LogP contribution in [0.1, 0.15) is 40.7 Å². The molecular weight excluding hydrogens is 338 g/mol. The number of thiophene rings is 1. The molecule has 132 valence electrons. The summed E-state index contributed by atoms with van der Waals surface area (Å²) >= 11 is 1.26. The number of pyridine rings is 1. The van der Waals surface area contributed by atoms with Crippen LogP contribution in [0, 0.1) is 0 Å². The van der Waals surface area contributed by atoms with Gasteiger partial charge in [-0.05, 0) is 43.0 Å². The highest BCUT2D eigenvalue weighted by Gasteiger charge is 2.27. The number of likely N-dealkylation sites (tertiary alicyclic amines) is 1. The molecule has 0 aliphatic carbocycles. The van der Waals surface area contributed by atoms with Crippen molar-refractivity contribution in [1.29, 1.82) is 0 Å². The molecule has 3 heterocycles. The van der Waals surface area contributed by atoms with Crippen LogP contribution in [-0.2, 0) is 9.53 Å². The summed E-state index contributed by atoms with van der Waals surface area (Å²) < 4.78 is 4.73. The number of rotatable bonds is 6. The fraction of sp³-hybridized carbons (Fsp3) is 0.389. The van der Waals surface area contributed by atoms with E-state index in [0.29, 0.717) is 23.5 Å². The minimum Gasteiger partial charge on any atom is -0.465 e. The monoisotopic (exact) mass is 359 g/mol. The highest BCUT2D eigenvalue weighted by atomic mass is 32.1. The number of methoxy groups -OCH3 is 1. The van der Waals surface area contributed by atoms with Gasteiger partial charge in [-0.1, -0.05) is 6.07 Å². The van der Waals surface area contributed by atoms with Gasteiger partial charge in [-0.2, -0.15) is 0 Å². The van der Waals surface area contributed by atoms with E-state index in [4.69, 9.17) is 4.74 Å². The molecule has 7 heteroatoms. The Hall–Kier alpha value is -2.25. The van der Waals surface area contributed by atoms with Crippen molar-refractivity contribution in [3.05, 3.63) is 46.4 Å². The number of aromatic nitrogens is 1. The molecule has 0 radical (unpaired) electrons. The predicted molar refractivity (Wildman–Crippen MR) is 96.7 cm³/mol. The number of ether oxygens (including phenoxy) is 1. The summed E-state index contributed by atoms with van der Waals surface area (Å²) in [7, 11) is 1.33. The normalized spacial score (nSPS) is 17.4. The van der Waals surface area contributed by atoms with Crippen LogP contribution < -0.4 is 5.32 Å². The molecule has 1 unspecified atom stereocenters. The van der Waals surface area contributed by atoms with Gasteiger partial charge in [0.25, 0.3) is 0 Å². The van der Waals surface area contributed by atoms with Crippen LogP contribution in [0.5, 0.6) is 0 Å². The van der Waals surface area contributed by atoms with Gasteiger partial charge in [0, 0.05) is 19.2 Å². The van der Waals surface area contributed by atoms with Crippen LogP contribution in [0.25, 0.3) is 0 Å². The highest BCUT2D eigenvalue weighted by Crippen LogP contribution is 2.30. The van der Waals surface area contributed by atoms with Crippen LogP contribution in [-0.4, -0.2) is 42.0 Å². The maximum atomic E-state index is 12.3. The van der Waals surface area contributed by atoms with Gasteiger partial charge in [-0.3, -0.25) is 14.7 Å². The van der Waals surface area contributed by atoms with E-state index in [1.54, 1.807) is 11.4 Å². The van der Waals surface area contributed by atoms with Gasteiger partial charge >= 0.3 is 5.97 Å². The standard InChI is InChI=1S/C18H21N3O3S/c1-24-18(23)17-14(8-12-25-17)20-16(22)7-11-21-10-4-6-15(21)13-5-2-3-9-19-13/h2-3,5,8-9,12,15H,4,6-7,10-11H2,1H3,(H,20,22). The van der Waals surface area contributed by atoms with Crippen LogP contribution in [0.4, 0.5) is 5.69 Å². The predicted octanol–water partition coefficient (Wildman–Crippen LogP) is 3.10. The summed E-state index contributed by atoms with van der Waals surface area (Å²) in [5.41, 5.74) is 1.58. The van der Waals surface area contributed by atoms with Gasteiger partial charge in [0.2, 0.25) is 5.91 Å². The molecule has 1 aliphatic heterocycles. The third kappa shape index (κ3) is 4.24. The number of amides is 1. The first-order chi connectivity index (χ1) is 12.2. The third-order valence-corrected chi connectivity index (χ3v) is 5.22. The topological polar surface area (TPSA) is 71.5 Å². The first kappa shape index (κ1) is 17.6. The zero-order valence-corrected chi connectivity index (χ0v) is 14.9. The molecular formula is C18H21N3O3S. The smallest absolute Gasteiger partial charge is 0.350 e. The maximum Gasteiger partial charge on any atom is 0.350 e. The van der Waals surface area contributed by atoms with Gasteiger partial charge in [0.15, 0.2) is 0 Å². The van der Waals surface area contributed by atoms with E-state index in [0.717, 1.165) is 25.1 Å². The fourth-order valence-corrected chi connectivity index (χ4v) is 3.88. The summed E-state index contributed by atoms with van der Waals surface area (Å²) in [5, 5.41) is 4.58. The second kappa shape index (κ2) is 8.22. The van der Waals surface area contributed by atoms with Gasteiger partial charge in [0.05, 0.1) is 24.5 Å². The van der Waals surface area contributed by atoms with Crippen LogP contribution in [0.15, 0.2) is 35.8 Å². The third-order valence-electron chi connectivity index (χ3n) is 4.33. The van der Waals surface area contributed by atoms with Gasteiger partial charge < -0.3 is 10.1 Å². The molecule has 1 amide bonds. The summed E-state index contributed by atoms with van der Waals surface area (Å²) in [6.45, 7) is 1.64. The van der Waals surface area contributed by atoms with E-state index < -0.39 is 5.97 Å². The van der Waals surface area contributed by atoms with E-state index in [1.807, 2.05) is 24.4 Å². The summed E-state index contributed by atoms with van der Waals surface area (Å²) in [6, 6.07) is 7.95. The molecule has 0 spiro atoms. The maximum absolute atomic E-state index is 12.3. The molecule has 3 rings (SSSR count). The van der Waals surface area contributed by atoms with Crippen molar-refractivity contribution in [3.63, 3.8) is 0 Å². The molecule has 0 saturated carbocycles. The van der Waals surface area contributed by atoms with E-state index in [1.165, 1.54) is 18.4 Å². The lowest BCUT2D eigenvalue weighted by Gasteiger charge is -2.23. The van der Waals surface area contributed by atoms with Crippen molar-refractivity contribution in [2.24, 2.45) is 0 Å². The van der Waals surface area contributed by atoms with Crippen molar-refractivity contribution in [2.75, 3.05) is 25.5 Å². The zero-order chi connectivity index (χ0) is 17.6. The van der Waals surface area contributed by atoms with Gasteiger partial charge in [-0.15, -0.1) is 11.3 Å². The Morgan fingerprint density at radius 2 is 2.28 bits per heavy atom. The van der Waals surface area contributed by atoms with Crippen molar-refractivity contribution in [2.45, 2.75) is 25.3 Å². The number of hydrogen-bond acceptors (Lipinski definition) is 6. The molecule has 1 fully saturated rings. The quantitative estimate of drug-likeness (QED) is 0.803. The molecule has 0 bridgehead atoms. The van der Waals surface area contributed by atoms with E-state index in [-0.39, 0.29) is 11.9 Å². The number of carbonyl (C=O) groups excluding carboxylic acids is 2. The largest absolute Gasteiger partial charge is 0.465 e. The SMILES string of the molecule is COC(=O)c1sccc1NC(=O)CCN1CCCC1c1ccccn1. The number of carbonyl (C=O) groups is 2. The lowest BCUT2D eigenvalue weighted by molar-refractivity contribution is -0.116. The Morgan fingerprint density at radius 1 is 1.40 bits per heavy atom. The van der Waals surface area contributed by atoms with Crippen LogP contribution in [0.3, 0.4) is 0 Å². The lowest BCUT2D eigenvalue weighted by Crippen LogP contribution is -2.28. The average molecular weight is 359 g/mol. The molecule has 1 N–H and O–H groups in total. The van der Waals surface area contributed by atoms with Crippen molar-refractivity contribution in [1.82, 2.24) is 9.88 Å². The van der Waals surface area contributed by atoms with Crippen LogP contribution >= 0.6 is 11.3 Å². The minimum absolute atomic E-state index is 0.102. The zero-order valence-electron chi connectivity index (χ0n) is 14.1. The summed E-state index contributed by atoms with van der Waals surface area (Å²) in [5.74, 6) is -0.532. The number of nitrogens with one attached hydrogen (secondary N) is 1. The van der Waals surface area contributed by atoms with E-state index >= 15 is 0 Å². The Morgan fingerprint density at radius 3 is 3.04 bits per heavy atom.